The van der Waals surface area contributed by atoms with Crippen LogP contribution in [0.1, 0.15) is 22.9 Å². The van der Waals surface area contributed by atoms with E-state index in [2.05, 4.69) is 21.7 Å². The van der Waals surface area contributed by atoms with Crippen LogP contribution in [0.2, 0.25) is 0 Å². The highest BCUT2D eigenvalue weighted by Gasteiger charge is 2.31. The molecule has 1 saturated heterocycles. The first-order chi connectivity index (χ1) is 6.45. The zero-order valence-electron chi connectivity index (χ0n) is 7.62. The summed E-state index contributed by atoms with van der Waals surface area (Å²) in [7, 11) is 0. The van der Waals surface area contributed by atoms with E-state index in [0.717, 1.165) is 6.54 Å². The van der Waals surface area contributed by atoms with Gasteiger partial charge in [0.05, 0.1) is 6.04 Å². The molecule has 2 aliphatic heterocycles. The van der Waals surface area contributed by atoms with Crippen LogP contribution in [0, 0.1) is 0 Å². The first kappa shape index (κ1) is 7.97. The van der Waals surface area contributed by atoms with Crippen molar-refractivity contribution in [1.29, 1.82) is 0 Å². The third-order valence-corrected chi connectivity index (χ3v) is 4.09. The quantitative estimate of drug-likeness (QED) is 0.675. The van der Waals surface area contributed by atoms with Gasteiger partial charge in [-0.25, -0.2) is 0 Å². The van der Waals surface area contributed by atoms with Crippen molar-refractivity contribution in [3.05, 3.63) is 21.9 Å². The Bertz CT molecular complexity index is 308. The van der Waals surface area contributed by atoms with E-state index in [9.17, 15) is 0 Å². The fourth-order valence-electron chi connectivity index (χ4n) is 2.37. The third kappa shape index (κ3) is 1.23. The van der Waals surface area contributed by atoms with Crippen molar-refractivity contribution < 1.29 is 0 Å². The first-order valence-corrected chi connectivity index (χ1v) is 5.84. The Kier molecular flexibility index (Phi) is 1.89. The monoisotopic (exact) mass is 194 g/mol. The van der Waals surface area contributed by atoms with Crippen molar-refractivity contribution in [1.82, 2.24) is 10.2 Å². The lowest BCUT2D eigenvalue weighted by Crippen LogP contribution is -2.26. The number of nitrogens with zero attached hydrogens (tertiary/aromatic N) is 1. The summed E-state index contributed by atoms with van der Waals surface area (Å²) >= 11 is 1.93. The summed E-state index contributed by atoms with van der Waals surface area (Å²) in [6, 6.07) is 2.96. The van der Waals surface area contributed by atoms with Crippen molar-refractivity contribution in [3.63, 3.8) is 0 Å². The molecule has 1 atom stereocenters. The number of hydrogen-bond donors (Lipinski definition) is 1. The van der Waals surface area contributed by atoms with Gasteiger partial charge in [-0.15, -0.1) is 11.3 Å². The molecule has 0 aromatic carbocycles. The third-order valence-electron chi connectivity index (χ3n) is 3.03. The average molecular weight is 194 g/mol. The Balaban J connectivity index is 1.93. The predicted molar refractivity (Wildman–Crippen MR) is 55.0 cm³/mol. The van der Waals surface area contributed by atoms with Crippen LogP contribution in [-0.4, -0.2) is 24.5 Å². The number of thiophene rings is 1. The highest BCUT2D eigenvalue weighted by Crippen LogP contribution is 2.37. The Morgan fingerprint density at radius 1 is 1.54 bits per heavy atom. The zero-order valence-corrected chi connectivity index (χ0v) is 8.44. The van der Waals surface area contributed by atoms with Gasteiger partial charge in [0.25, 0.3) is 0 Å². The SMILES string of the molecule is c1cc2c(s1)C1CNCCCN1C2. The van der Waals surface area contributed by atoms with Crippen LogP contribution in [0.3, 0.4) is 0 Å². The Labute approximate surface area is 82.6 Å². The Hall–Kier alpha value is -0.380. The second kappa shape index (κ2) is 3.08. The molecule has 1 aromatic heterocycles. The summed E-state index contributed by atoms with van der Waals surface area (Å²) in [4.78, 5) is 4.22. The van der Waals surface area contributed by atoms with Gasteiger partial charge in [0.15, 0.2) is 0 Å². The van der Waals surface area contributed by atoms with Gasteiger partial charge in [-0.2, -0.15) is 0 Å². The predicted octanol–water partition coefficient (Wildman–Crippen LogP) is 1.60. The summed E-state index contributed by atoms with van der Waals surface area (Å²) in [5.74, 6) is 0. The van der Waals surface area contributed by atoms with Gasteiger partial charge in [-0.05, 0) is 30.0 Å². The van der Waals surface area contributed by atoms with E-state index in [-0.39, 0.29) is 0 Å². The lowest BCUT2D eigenvalue weighted by atomic mass is 10.2. The number of rotatable bonds is 0. The molecule has 0 amide bonds. The molecule has 13 heavy (non-hydrogen) atoms. The molecule has 0 radical (unpaired) electrons. The molecule has 0 bridgehead atoms. The Morgan fingerprint density at radius 2 is 2.54 bits per heavy atom. The molecule has 2 nitrogen and oxygen atoms in total. The lowest BCUT2D eigenvalue weighted by molar-refractivity contribution is 0.232. The highest BCUT2D eigenvalue weighted by atomic mass is 32.1. The van der Waals surface area contributed by atoms with Gasteiger partial charge in [0.1, 0.15) is 0 Å². The molecule has 1 unspecified atom stereocenters. The van der Waals surface area contributed by atoms with Gasteiger partial charge in [0.2, 0.25) is 0 Å². The largest absolute Gasteiger partial charge is 0.315 e. The van der Waals surface area contributed by atoms with Crippen LogP contribution in [0.15, 0.2) is 11.4 Å². The van der Waals surface area contributed by atoms with Gasteiger partial charge in [0, 0.05) is 24.5 Å². The molecule has 1 N–H and O–H groups in total. The molecule has 3 heteroatoms. The molecule has 0 aliphatic carbocycles. The summed E-state index contributed by atoms with van der Waals surface area (Å²) in [6.45, 7) is 4.78. The minimum atomic E-state index is 0.678. The summed E-state index contributed by atoms with van der Waals surface area (Å²) in [6.07, 6.45) is 1.30. The summed E-state index contributed by atoms with van der Waals surface area (Å²) in [5, 5.41) is 5.74. The van der Waals surface area contributed by atoms with Gasteiger partial charge in [-0.3, -0.25) is 4.90 Å². The van der Waals surface area contributed by atoms with Gasteiger partial charge >= 0.3 is 0 Å². The van der Waals surface area contributed by atoms with Crippen molar-refractivity contribution in [2.24, 2.45) is 0 Å². The highest BCUT2D eigenvalue weighted by molar-refractivity contribution is 7.10. The normalized spacial score (nSPS) is 28.2. The van der Waals surface area contributed by atoms with E-state index in [4.69, 9.17) is 0 Å². The van der Waals surface area contributed by atoms with E-state index in [0.29, 0.717) is 6.04 Å². The molecule has 3 heterocycles. The Morgan fingerprint density at radius 3 is 3.54 bits per heavy atom. The lowest BCUT2D eigenvalue weighted by Gasteiger charge is -2.20. The molecule has 0 saturated carbocycles. The van der Waals surface area contributed by atoms with E-state index < -0.39 is 0 Å². The standard InChI is InChI=1S/C10H14N2S/c1-3-11-6-9-10-8(2-5-13-10)7-12(9)4-1/h2,5,9,11H,1,3-4,6-7H2. The summed E-state index contributed by atoms with van der Waals surface area (Å²) < 4.78 is 0. The molecule has 1 aromatic rings. The van der Waals surface area contributed by atoms with E-state index >= 15 is 0 Å². The summed E-state index contributed by atoms with van der Waals surface area (Å²) in [5.41, 5.74) is 1.57. The van der Waals surface area contributed by atoms with Crippen LogP contribution in [0.4, 0.5) is 0 Å². The minimum Gasteiger partial charge on any atom is -0.315 e. The maximum Gasteiger partial charge on any atom is 0.0572 e. The van der Waals surface area contributed by atoms with E-state index in [1.807, 2.05) is 11.3 Å². The van der Waals surface area contributed by atoms with Crippen LogP contribution in [0.5, 0.6) is 0 Å². The van der Waals surface area contributed by atoms with Gasteiger partial charge in [-0.1, -0.05) is 0 Å². The molecule has 3 rings (SSSR count). The molecule has 1 fully saturated rings. The molecule has 0 spiro atoms. The van der Waals surface area contributed by atoms with Crippen LogP contribution < -0.4 is 5.32 Å². The first-order valence-electron chi connectivity index (χ1n) is 4.96. The number of fused-ring (bicyclic) bond motifs is 3. The average Bonchev–Trinajstić information content (AvgIpc) is 2.61. The van der Waals surface area contributed by atoms with Crippen LogP contribution in [0.25, 0.3) is 0 Å². The second-order valence-corrected chi connectivity index (χ2v) is 4.80. The topological polar surface area (TPSA) is 15.3 Å². The maximum atomic E-state index is 3.51. The van der Waals surface area contributed by atoms with E-state index in [1.54, 1.807) is 10.4 Å². The van der Waals surface area contributed by atoms with Gasteiger partial charge < -0.3 is 5.32 Å². The minimum absolute atomic E-state index is 0.678. The number of nitrogens with one attached hydrogen (secondary N) is 1. The van der Waals surface area contributed by atoms with Crippen molar-refractivity contribution in [2.45, 2.75) is 19.0 Å². The molecular weight excluding hydrogens is 180 g/mol. The van der Waals surface area contributed by atoms with Crippen LogP contribution in [-0.2, 0) is 6.54 Å². The van der Waals surface area contributed by atoms with Crippen molar-refractivity contribution in [2.75, 3.05) is 19.6 Å². The second-order valence-electron chi connectivity index (χ2n) is 3.85. The molecular formula is C10H14N2S. The van der Waals surface area contributed by atoms with Crippen molar-refractivity contribution in [3.8, 4) is 0 Å². The van der Waals surface area contributed by atoms with Crippen LogP contribution >= 0.6 is 11.3 Å². The maximum absolute atomic E-state index is 3.51. The van der Waals surface area contributed by atoms with Crippen molar-refractivity contribution >= 4 is 11.3 Å². The smallest absolute Gasteiger partial charge is 0.0572 e. The number of hydrogen-bond acceptors (Lipinski definition) is 3. The fourth-order valence-corrected chi connectivity index (χ4v) is 3.42. The molecule has 70 valence electrons. The molecule has 2 aliphatic rings. The zero-order chi connectivity index (χ0) is 8.67. The fraction of sp³-hybridized carbons (Fsp3) is 0.600. The van der Waals surface area contributed by atoms with E-state index in [1.165, 1.54) is 26.1 Å².